The molecule has 0 amide bonds. The van der Waals surface area contributed by atoms with Gasteiger partial charge in [0.25, 0.3) is 0 Å². The molecule has 18 atom stereocenters. The minimum absolute atomic E-state index is 0.0760. The lowest BCUT2D eigenvalue weighted by atomic mass is 9.74. The molecule has 72 heavy (non-hydrogen) atoms. The molecular formula is C52H97NO18S. The molecular weight excluding hydrogens is 959 g/mol. The summed E-state index contributed by atoms with van der Waals surface area (Å²) in [6, 6.07) is -0.319. The van der Waals surface area contributed by atoms with Crippen LogP contribution in [-0.2, 0) is 62.1 Å². The van der Waals surface area contributed by atoms with Crippen molar-refractivity contribution in [1.82, 2.24) is 4.90 Å². The number of unbranched alkanes of at least 4 members (excludes halogenated alkanes) is 9. The van der Waals surface area contributed by atoms with Crippen molar-refractivity contribution in [3.8, 4) is 0 Å². The van der Waals surface area contributed by atoms with Gasteiger partial charge in [-0.25, -0.2) is 4.18 Å². The second-order valence-electron chi connectivity index (χ2n) is 21.7. The van der Waals surface area contributed by atoms with Crippen LogP contribution in [0.3, 0.4) is 0 Å². The number of methoxy groups -OCH3 is 1. The molecule has 0 bridgehead atoms. The summed E-state index contributed by atoms with van der Waals surface area (Å²) in [5.41, 5.74) is -4.92. The number of Topliss-reactive ketones (excluding diaryl/α,β-unsaturated/α-hetero) is 1. The number of ether oxygens (including phenoxy) is 7. The molecule has 3 rings (SSSR count). The minimum atomic E-state index is -4.23. The van der Waals surface area contributed by atoms with Gasteiger partial charge in [-0.15, -0.1) is 0 Å². The molecule has 0 aromatic carbocycles. The number of aliphatic hydroxyl groups excluding tert-OH is 2. The van der Waals surface area contributed by atoms with Gasteiger partial charge in [-0.1, -0.05) is 99.3 Å². The maximum absolute atomic E-state index is 14.2. The van der Waals surface area contributed by atoms with E-state index in [1.54, 1.807) is 48.5 Å². The Kier molecular flexibility index (Phi) is 27.7. The van der Waals surface area contributed by atoms with Gasteiger partial charge in [0.1, 0.15) is 23.6 Å². The number of nitrogens with zero attached hydrogens (tertiary/aromatic N) is 1. The Morgan fingerprint density at radius 1 is 0.792 bits per heavy atom. The average Bonchev–Trinajstić information content (AvgIpc) is 3.30. The van der Waals surface area contributed by atoms with Crippen LogP contribution in [0.25, 0.3) is 0 Å². The first-order valence-electron chi connectivity index (χ1n) is 26.6. The Morgan fingerprint density at radius 3 is 1.88 bits per heavy atom. The third kappa shape index (κ3) is 19.6. The maximum Gasteiger partial charge on any atom is 0.397 e. The van der Waals surface area contributed by atoms with Crippen LogP contribution in [0.15, 0.2) is 0 Å². The zero-order valence-corrected chi connectivity index (χ0v) is 47.2. The Hall–Kier alpha value is -1.92. The molecule has 5 N–H and O–H groups in total. The van der Waals surface area contributed by atoms with Gasteiger partial charge >= 0.3 is 22.3 Å². The molecule has 3 saturated heterocycles. The zero-order chi connectivity index (χ0) is 54.9. The predicted molar refractivity (Wildman–Crippen MR) is 270 cm³/mol. The molecule has 20 heteroatoms. The van der Waals surface area contributed by atoms with Crippen molar-refractivity contribution in [3.63, 3.8) is 0 Å². The highest BCUT2D eigenvalue weighted by molar-refractivity contribution is 7.80. The summed E-state index contributed by atoms with van der Waals surface area (Å²) in [5, 5.41) is 46.6. The van der Waals surface area contributed by atoms with E-state index in [1.165, 1.54) is 72.8 Å². The van der Waals surface area contributed by atoms with E-state index in [0.717, 1.165) is 12.8 Å². The summed E-state index contributed by atoms with van der Waals surface area (Å²) in [6.07, 6.45) is 2.17. The number of cyclic esters (lactones) is 1. The highest BCUT2D eigenvalue weighted by atomic mass is 32.3. The number of carbonyl (C=O) groups excluding carboxylic acids is 3. The molecule has 424 valence electrons. The van der Waals surface area contributed by atoms with E-state index in [9.17, 15) is 43.2 Å². The third-order valence-electron chi connectivity index (χ3n) is 15.1. The van der Waals surface area contributed by atoms with Crippen molar-refractivity contribution in [3.05, 3.63) is 0 Å². The quantitative estimate of drug-likeness (QED) is 0.0468. The second-order valence-corrected chi connectivity index (χ2v) is 22.8. The normalized spacial score (nSPS) is 38.6. The fourth-order valence-corrected chi connectivity index (χ4v) is 10.8. The largest absolute Gasteiger partial charge is 0.459 e. The number of carbonyl (C=O) groups is 3. The SMILES string of the molecule is CCC(=O)O[C@@H]1[C@@H](O[C@@H]2[C@@H](C)[C@H](O[C@H]3C[C@@](C)(OC)[C@@H](O)[C@H](C)O3)[C@@H](C)C(=O)O[C@H](CC)[C@@](C)(O)[C@H](O)[C@@H](C)C(=O)[C@H](C)C[C@@]2(C)O)O[C@@H](C)C[C@H]1N(C)C.CCCCCCCCCCCCOS(=O)(=O)O. The lowest BCUT2D eigenvalue weighted by molar-refractivity contribution is -0.319. The molecule has 3 aliphatic rings. The van der Waals surface area contributed by atoms with Crippen molar-refractivity contribution >= 4 is 28.1 Å². The van der Waals surface area contributed by atoms with Gasteiger partial charge in [0, 0.05) is 37.7 Å². The summed E-state index contributed by atoms with van der Waals surface area (Å²) in [7, 11) is 0.973. The Bertz CT molecular complexity index is 1730. The summed E-state index contributed by atoms with van der Waals surface area (Å²) < 4.78 is 76.6. The van der Waals surface area contributed by atoms with Gasteiger partial charge in [0.2, 0.25) is 0 Å². The van der Waals surface area contributed by atoms with Gasteiger partial charge < -0.3 is 58.5 Å². The number of esters is 2. The van der Waals surface area contributed by atoms with Crippen LogP contribution < -0.4 is 0 Å². The Balaban J connectivity index is 0.000000887. The van der Waals surface area contributed by atoms with Gasteiger partial charge in [-0.2, -0.15) is 8.42 Å². The first-order valence-corrected chi connectivity index (χ1v) is 28.0. The molecule has 19 nitrogen and oxygen atoms in total. The van der Waals surface area contributed by atoms with E-state index in [4.69, 9.17) is 37.7 Å². The fourth-order valence-electron chi connectivity index (χ4n) is 10.5. The monoisotopic (exact) mass is 1060 g/mol. The number of likely N-dealkylation sites (N-methyl/N-ethyl adjacent to an activating group) is 1. The standard InChI is InChI=1S/C40H71NO14.C12H26O4S/c1-15-27-40(11,48)33(44)22(5)30(43)20(3)18-38(9,47)35(55-37-32(53-28(42)16-2)26(41(12)13)17-21(4)50-37)23(6)31(24(7)36(46)52-27)54-29-19-39(10,49-14)34(45)25(8)51-29;1-2-3-4-5-6-7-8-9-10-11-12-16-17(13,14)15/h20-27,29,31-35,37,44-45,47-48H,15-19H2,1-14H3;2-12H2,1H3,(H,13,14,15)/t20-,21+,22+,23+,24-,25+,26-,27-,29+,31+,32+,33-,34+,35-,37-,38-,39-,40-;/m1./s1. The van der Waals surface area contributed by atoms with Crippen molar-refractivity contribution < 1.29 is 85.1 Å². The van der Waals surface area contributed by atoms with Gasteiger partial charge in [-0.05, 0) is 81.3 Å². The van der Waals surface area contributed by atoms with Gasteiger partial charge in [0.05, 0.1) is 60.3 Å². The molecule has 0 aromatic heterocycles. The molecule has 0 saturated carbocycles. The van der Waals surface area contributed by atoms with Crippen LogP contribution in [0.5, 0.6) is 0 Å². The van der Waals surface area contributed by atoms with Crippen LogP contribution in [-0.4, -0.2) is 168 Å². The molecule has 0 spiro atoms. The predicted octanol–water partition coefficient (Wildman–Crippen LogP) is 6.47. The van der Waals surface area contributed by atoms with Crippen LogP contribution >= 0.6 is 0 Å². The van der Waals surface area contributed by atoms with Crippen molar-refractivity contribution in [2.45, 2.75) is 264 Å². The second kappa shape index (κ2) is 30.1. The Morgan fingerprint density at radius 2 is 1.36 bits per heavy atom. The summed E-state index contributed by atoms with van der Waals surface area (Å²) in [6.45, 7) is 20.3. The number of hydrogen-bond acceptors (Lipinski definition) is 18. The van der Waals surface area contributed by atoms with E-state index in [-0.39, 0.29) is 44.4 Å². The first-order chi connectivity index (χ1) is 33.4. The highest BCUT2D eigenvalue weighted by Gasteiger charge is 2.54. The van der Waals surface area contributed by atoms with Crippen molar-refractivity contribution in [2.75, 3.05) is 27.8 Å². The van der Waals surface area contributed by atoms with Gasteiger partial charge in [-0.3, -0.25) is 18.9 Å². The van der Waals surface area contributed by atoms with E-state index >= 15 is 0 Å². The topological polar surface area (TPSA) is 264 Å². The van der Waals surface area contributed by atoms with Crippen LogP contribution in [0.1, 0.15) is 179 Å². The maximum atomic E-state index is 14.2. The minimum Gasteiger partial charge on any atom is -0.459 e. The summed E-state index contributed by atoms with van der Waals surface area (Å²) >= 11 is 0. The lowest BCUT2D eigenvalue weighted by Crippen LogP contribution is -2.61. The van der Waals surface area contributed by atoms with E-state index < -0.39 is 124 Å². The average molecular weight is 1060 g/mol. The van der Waals surface area contributed by atoms with Crippen molar-refractivity contribution in [2.24, 2.45) is 23.7 Å². The smallest absolute Gasteiger partial charge is 0.397 e. The number of rotatable bonds is 21. The number of hydrogen-bond donors (Lipinski definition) is 5. The molecule has 0 radical (unpaired) electrons. The van der Waals surface area contributed by atoms with E-state index in [1.807, 2.05) is 25.9 Å². The summed E-state index contributed by atoms with van der Waals surface area (Å²) in [5.74, 6) is -5.59. The van der Waals surface area contributed by atoms with Gasteiger partial charge in [0.15, 0.2) is 18.7 Å². The first kappa shape index (κ1) is 66.2. The molecule has 3 heterocycles. The molecule has 3 aliphatic heterocycles. The number of aliphatic hydroxyl groups is 4. The molecule has 3 fully saturated rings. The molecule has 0 unspecified atom stereocenters. The van der Waals surface area contributed by atoms with Crippen LogP contribution in [0, 0.1) is 23.7 Å². The highest BCUT2D eigenvalue weighted by Crippen LogP contribution is 2.41. The Labute approximate surface area is 432 Å². The summed E-state index contributed by atoms with van der Waals surface area (Å²) in [4.78, 5) is 42.9. The van der Waals surface area contributed by atoms with Crippen LogP contribution in [0.2, 0.25) is 0 Å². The van der Waals surface area contributed by atoms with Crippen molar-refractivity contribution in [1.29, 1.82) is 0 Å². The third-order valence-corrected chi connectivity index (χ3v) is 15.5. The van der Waals surface area contributed by atoms with Crippen LogP contribution in [0.4, 0.5) is 0 Å². The molecule has 0 aromatic rings. The lowest BCUT2D eigenvalue weighted by Gasteiger charge is -2.49. The number of ketones is 1. The fraction of sp³-hybridized carbons (Fsp3) is 0.942. The zero-order valence-electron chi connectivity index (χ0n) is 46.4. The molecule has 0 aliphatic carbocycles. The van der Waals surface area contributed by atoms with E-state index in [2.05, 4.69) is 11.1 Å². The van der Waals surface area contributed by atoms with E-state index in [0.29, 0.717) is 12.8 Å².